The molecule has 2 amide bonds. The molecule has 2 aromatic rings. The van der Waals surface area contributed by atoms with E-state index in [0.717, 1.165) is 29.7 Å². The first-order chi connectivity index (χ1) is 12.7. The van der Waals surface area contributed by atoms with Gasteiger partial charge in [-0.2, -0.15) is 0 Å². The molecule has 0 spiro atoms. The zero-order valence-corrected chi connectivity index (χ0v) is 15.9. The van der Waals surface area contributed by atoms with Crippen LogP contribution in [0.25, 0.3) is 0 Å². The lowest BCUT2D eigenvalue weighted by Gasteiger charge is -2.34. The maximum Gasteiger partial charge on any atom is 0.237 e. The quantitative estimate of drug-likeness (QED) is 0.770. The number of amides is 2. The Hall–Kier alpha value is -1.84. The predicted molar refractivity (Wildman–Crippen MR) is 101 cm³/mol. The summed E-state index contributed by atoms with van der Waals surface area (Å²) in [5, 5.41) is 8.82. The van der Waals surface area contributed by atoms with Gasteiger partial charge in [-0.3, -0.25) is 14.5 Å². The Morgan fingerprint density at radius 3 is 3.15 bits per heavy atom. The summed E-state index contributed by atoms with van der Waals surface area (Å²) in [6.45, 7) is 3.46. The average molecular weight is 392 g/mol. The summed E-state index contributed by atoms with van der Waals surface area (Å²) in [5.74, 6) is 0.871. The van der Waals surface area contributed by atoms with Crippen LogP contribution < -0.4 is 10.6 Å². The number of imidazole rings is 1. The van der Waals surface area contributed by atoms with Crippen LogP contribution in [0.4, 0.5) is 0 Å². The molecule has 1 atom stereocenters. The number of nitrogens with zero attached hydrogens (tertiary/aromatic N) is 3. The number of thioether (sulfide) groups is 1. The fraction of sp³-hybridized carbons (Fsp3) is 0.471. The van der Waals surface area contributed by atoms with Crippen molar-refractivity contribution < 1.29 is 9.59 Å². The molecule has 0 aliphatic carbocycles. The van der Waals surface area contributed by atoms with Crippen molar-refractivity contribution in [2.24, 2.45) is 0 Å². The van der Waals surface area contributed by atoms with E-state index < -0.39 is 6.04 Å². The second-order valence-corrected chi connectivity index (χ2v) is 8.49. The first-order valence-electron chi connectivity index (χ1n) is 8.69. The molecule has 4 rings (SSSR count). The SMILES string of the molecule is O=C(CC1C(=O)NCCN1Cc1cccs1)NCc1cn2c(n1)SCC2. The van der Waals surface area contributed by atoms with Gasteiger partial charge in [-0.25, -0.2) is 4.98 Å². The third kappa shape index (κ3) is 3.94. The van der Waals surface area contributed by atoms with E-state index in [9.17, 15) is 9.59 Å². The normalized spacial score (nSPS) is 20.0. The predicted octanol–water partition coefficient (Wildman–Crippen LogP) is 1.06. The number of hydrogen-bond acceptors (Lipinski definition) is 6. The van der Waals surface area contributed by atoms with Crippen LogP contribution in [0.1, 0.15) is 17.0 Å². The minimum atomic E-state index is -0.423. The summed E-state index contributed by atoms with van der Waals surface area (Å²) in [7, 11) is 0. The lowest BCUT2D eigenvalue weighted by Crippen LogP contribution is -2.56. The third-order valence-corrected chi connectivity index (χ3v) is 6.41. The highest BCUT2D eigenvalue weighted by Gasteiger charge is 2.31. The molecule has 1 fully saturated rings. The van der Waals surface area contributed by atoms with Crippen LogP contribution in [0, 0.1) is 0 Å². The van der Waals surface area contributed by atoms with Crippen molar-refractivity contribution in [3.05, 3.63) is 34.3 Å². The minimum Gasteiger partial charge on any atom is -0.353 e. The second kappa shape index (κ2) is 7.81. The molecule has 138 valence electrons. The Balaban J connectivity index is 1.33. The van der Waals surface area contributed by atoms with E-state index in [-0.39, 0.29) is 18.2 Å². The van der Waals surface area contributed by atoms with Crippen LogP contribution in [0.15, 0.2) is 28.9 Å². The van der Waals surface area contributed by atoms with Crippen molar-refractivity contribution in [2.45, 2.75) is 37.3 Å². The van der Waals surface area contributed by atoms with Gasteiger partial charge in [0.2, 0.25) is 11.8 Å². The fourth-order valence-corrected chi connectivity index (χ4v) is 4.95. The summed E-state index contributed by atoms with van der Waals surface area (Å²) < 4.78 is 2.11. The minimum absolute atomic E-state index is 0.0691. The highest BCUT2D eigenvalue weighted by molar-refractivity contribution is 7.99. The zero-order valence-electron chi connectivity index (χ0n) is 14.3. The Morgan fingerprint density at radius 1 is 1.42 bits per heavy atom. The molecule has 26 heavy (non-hydrogen) atoms. The third-order valence-electron chi connectivity index (χ3n) is 4.58. The number of piperazine rings is 1. The van der Waals surface area contributed by atoms with Gasteiger partial charge in [0.25, 0.3) is 0 Å². The number of hydrogen-bond donors (Lipinski definition) is 2. The molecule has 2 N–H and O–H groups in total. The topological polar surface area (TPSA) is 79.3 Å². The Morgan fingerprint density at radius 2 is 2.35 bits per heavy atom. The number of carbonyl (C=O) groups excluding carboxylic acids is 2. The van der Waals surface area contributed by atoms with E-state index in [1.165, 1.54) is 4.88 Å². The van der Waals surface area contributed by atoms with Crippen molar-refractivity contribution in [3.8, 4) is 0 Å². The summed E-state index contributed by atoms with van der Waals surface area (Å²) in [4.78, 5) is 32.5. The molecule has 0 saturated carbocycles. The van der Waals surface area contributed by atoms with Crippen LogP contribution >= 0.6 is 23.1 Å². The van der Waals surface area contributed by atoms with Gasteiger partial charge in [0.15, 0.2) is 5.16 Å². The van der Waals surface area contributed by atoms with E-state index in [0.29, 0.717) is 19.6 Å². The van der Waals surface area contributed by atoms with Crippen LogP contribution in [-0.2, 0) is 29.2 Å². The molecular formula is C17H21N5O2S2. The van der Waals surface area contributed by atoms with Crippen molar-refractivity contribution in [2.75, 3.05) is 18.8 Å². The van der Waals surface area contributed by atoms with Crippen LogP contribution in [0.2, 0.25) is 0 Å². The summed E-state index contributed by atoms with van der Waals surface area (Å²) >= 11 is 3.41. The number of aryl methyl sites for hydroxylation is 1. The Bertz CT molecular complexity index is 768. The Labute approximate surface area is 160 Å². The van der Waals surface area contributed by atoms with E-state index in [1.807, 2.05) is 17.6 Å². The molecule has 2 aliphatic rings. The molecule has 2 aromatic heterocycles. The first-order valence-corrected chi connectivity index (χ1v) is 10.6. The van der Waals surface area contributed by atoms with Crippen LogP contribution in [0.5, 0.6) is 0 Å². The summed E-state index contributed by atoms with van der Waals surface area (Å²) in [6, 6.07) is 3.64. The number of nitrogens with one attached hydrogen (secondary N) is 2. The standard InChI is InChI=1S/C17H21N5O2S2/c23-15(19-9-12-10-22-5-7-26-17(22)20-12)8-14-16(24)18-3-4-21(14)11-13-2-1-6-25-13/h1-2,6,10,14H,3-5,7-9,11H2,(H,18,24)(H,19,23). The lowest BCUT2D eigenvalue weighted by molar-refractivity contribution is -0.134. The highest BCUT2D eigenvalue weighted by Crippen LogP contribution is 2.24. The smallest absolute Gasteiger partial charge is 0.237 e. The van der Waals surface area contributed by atoms with E-state index >= 15 is 0 Å². The largest absolute Gasteiger partial charge is 0.353 e. The zero-order chi connectivity index (χ0) is 17.9. The van der Waals surface area contributed by atoms with Gasteiger partial charge < -0.3 is 15.2 Å². The van der Waals surface area contributed by atoms with E-state index in [1.54, 1.807) is 23.1 Å². The molecular weight excluding hydrogens is 370 g/mol. The molecule has 2 aliphatic heterocycles. The molecule has 9 heteroatoms. The van der Waals surface area contributed by atoms with Crippen LogP contribution in [-0.4, -0.2) is 51.1 Å². The van der Waals surface area contributed by atoms with Crippen molar-refractivity contribution in [3.63, 3.8) is 0 Å². The van der Waals surface area contributed by atoms with Gasteiger partial charge in [0.05, 0.1) is 24.7 Å². The van der Waals surface area contributed by atoms with Crippen LogP contribution in [0.3, 0.4) is 0 Å². The van der Waals surface area contributed by atoms with Gasteiger partial charge in [-0.15, -0.1) is 11.3 Å². The van der Waals surface area contributed by atoms with Crippen molar-refractivity contribution in [1.82, 2.24) is 25.1 Å². The maximum atomic E-state index is 12.4. The second-order valence-electron chi connectivity index (χ2n) is 6.39. The van der Waals surface area contributed by atoms with E-state index in [4.69, 9.17) is 0 Å². The number of thiophene rings is 1. The van der Waals surface area contributed by atoms with Gasteiger partial charge in [-0.1, -0.05) is 17.8 Å². The molecule has 4 heterocycles. The highest BCUT2D eigenvalue weighted by atomic mass is 32.2. The van der Waals surface area contributed by atoms with Gasteiger partial charge in [0.1, 0.15) is 0 Å². The number of rotatable bonds is 6. The van der Waals surface area contributed by atoms with Gasteiger partial charge in [0, 0.05) is 43.0 Å². The molecule has 1 saturated heterocycles. The summed E-state index contributed by atoms with van der Waals surface area (Å²) in [6.07, 6.45) is 2.16. The Kier molecular flexibility index (Phi) is 5.28. The molecule has 0 bridgehead atoms. The van der Waals surface area contributed by atoms with Gasteiger partial charge in [-0.05, 0) is 11.4 Å². The van der Waals surface area contributed by atoms with Gasteiger partial charge >= 0.3 is 0 Å². The molecule has 0 radical (unpaired) electrons. The number of aromatic nitrogens is 2. The number of fused-ring (bicyclic) bond motifs is 1. The van der Waals surface area contributed by atoms with Crippen molar-refractivity contribution in [1.29, 1.82) is 0 Å². The first kappa shape index (κ1) is 17.6. The monoisotopic (exact) mass is 391 g/mol. The number of carbonyl (C=O) groups is 2. The molecule has 0 aromatic carbocycles. The summed E-state index contributed by atoms with van der Waals surface area (Å²) in [5.41, 5.74) is 0.865. The lowest BCUT2D eigenvalue weighted by atomic mass is 10.1. The average Bonchev–Trinajstić information content (AvgIpc) is 3.33. The molecule has 1 unspecified atom stereocenters. The van der Waals surface area contributed by atoms with E-state index in [2.05, 4.69) is 31.2 Å². The molecule has 7 nitrogen and oxygen atoms in total. The fourth-order valence-electron chi connectivity index (χ4n) is 3.26. The maximum absolute atomic E-state index is 12.4. The van der Waals surface area contributed by atoms with Crippen molar-refractivity contribution >= 4 is 34.9 Å².